The Hall–Kier alpha value is -3.07. The molecule has 4 rings (SSSR count). The second-order valence-corrected chi connectivity index (χ2v) is 8.63. The van der Waals surface area contributed by atoms with E-state index in [2.05, 4.69) is 30.7 Å². The number of pyridine rings is 1. The summed E-state index contributed by atoms with van der Waals surface area (Å²) in [6, 6.07) is 9.34. The van der Waals surface area contributed by atoms with Crippen molar-refractivity contribution in [1.29, 1.82) is 0 Å². The molecule has 1 aliphatic carbocycles. The molecule has 1 amide bonds. The monoisotopic (exact) mass is 422 g/mol. The molecule has 0 bridgehead atoms. The molecule has 30 heavy (non-hydrogen) atoms. The maximum atomic E-state index is 12.1. The van der Waals surface area contributed by atoms with Gasteiger partial charge in [-0.3, -0.25) is 14.6 Å². The summed E-state index contributed by atoms with van der Waals surface area (Å²) >= 11 is 1.44. The Kier molecular flexibility index (Phi) is 6.18. The average molecular weight is 423 g/mol. The molecule has 0 radical (unpaired) electrons. The number of rotatable bonds is 8. The van der Waals surface area contributed by atoms with Crippen LogP contribution in [0.1, 0.15) is 47.8 Å². The number of carbonyl (C=O) groups excluding carboxylic acids is 2. The van der Waals surface area contributed by atoms with Gasteiger partial charge in [0.1, 0.15) is 10.8 Å². The lowest BCUT2D eigenvalue weighted by molar-refractivity contribution is -0.117. The molecule has 1 aliphatic rings. The van der Waals surface area contributed by atoms with E-state index in [9.17, 15) is 9.59 Å². The molecule has 0 atom stereocenters. The van der Waals surface area contributed by atoms with E-state index in [1.165, 1.54) is 11.3 Å². The topological polar surface area (TPSA) is 111 Å². The van der Waals surface area contributed by atoms with Gasteiger partial charge in [0.05, 0.1) is 24.2 Å². The lowest BCUT2D eigenvalue weighted by atomic mass is 9.73. The van der Waals surface area contributed by atoms with E-state index in [1.807, 2.05) is 30.3 Å². The highest BCUT2D eigenvalue weighted by molar-refractivity contribution is 7.15. The van der Waals surface area contributed by atoms with Crippen molar-refractivity contribution in [3.8, 4) is 0 Å². The summed E-state index contributed by atoms with van der Waals surface area (Å²) in [5, 5.41) is 21.0. The van der Waals surface area contributed by atoms with Gasteiger partial charge in [0, 0.05) is 17.8 Å². The van der Waals surface area contributed by atoms with Crippen LogP contribution in [0, 0.1) is 5.92 Å². The number of Topliss-reactive ketones (excluding diaryl/α,β-unsaturated/α-hetero) is 1. The van der Waals surface area contributed by atoms with Crippen molar-refractivity contribution in [1.82, 2.24) is 25.4 Å². The number of anilines is 1. The molecule has 0 spiro atoms. The fraction of sp³-hybridized carbons (Fsp3) is 0.381. The van der Waals surface area contributed by atoms with Gasteiger partial charge in [-0.05, 0) is 56.4 Å². The quantitative estimate of drug-likeness (QED) is 0.594. The first-order valence-corrected chi connectivity index (χ1v) is 10.7. The van der Waals surface area contributed by atoms with E-state index in [-0.39, 0.29) is 18.1 Å². The molecule has 1 fully saturated rings. The highest BCUT2D eigenvalue weighted by Gasteiger charge is 2.33. The fourth-order valence-electron chi connectivity index (χ4n) is 3.53. The molecule has 0 aliphatic heterocycles. The number of nitrogens with one attached hydrogen (secondary N) is 1. The van der Waals surface area contributed by atoms with Gasteiger partial charge >= 0.3 is 0 Å². The number of ketones is 1. The summed E-state index contributed by atoms with van der Waals surface area (Å²) in [5.41, 5.74) is 2.38. The molecular formula is C21H22N6O2S. The van der Waals surface area contributed by atoms with E-state index in [0.29, 0.717) is 29.1 Å². The van der Waals surface area contributed by atoms with Crippen LogP contribution in [0.4, 0.5) is 5.13 Å². The van der Waals surface area contributed by atoms with Gasteiger partial charge in [-0.2, -0.15) is 10.2 Å². The van der Waals surface area contributed by atoms with E-state index < -0.39 is 0 Å². The maximum Gasteiger partial charge on any atom is 0.232 e. The minimum Gasteiger partial charge on any atom is -0.300 e. The maximum absolute atomic E-state index is 12.1. The van der Waals surface area contributed by atoms with Crippen molar-refractivity contribution in [2.24, 2.45) is 5.92 Å². The molecule has 3 aromatic heterocycles. The van der Waals surface area contributed by atoms with Crippen molar-refractivity contribution in [3.05, 3.63) is 58.6 Å². The van der Waals surface area contributed by atoms with Crippen molar-refractivity contribution in [3.63, 3.8) is 0 Å². The van der Waals surface area contributed by atoms with Crippen LogP contribution in [-0.2, 0) is 28.9 Å². The normalized spacial score (nSPS) is 17.9. The highest BCUT2D eigenvalue weighted by atomic mass is 32.1. The zero-order valence-electron chi connectivity index (χ0n) is 16.6. The van der Waals surface area contributed by atoms with Crippen LogP contribution in [0.2, 0.25) is 0 Å². The van der Waals surface area contributed by atoms with E-state index in [4.69, 9.17) is 0 Å². The average Bonchev–Trinajstić information content (AvgIpc) is 3.13. The van der Waals surface area contributed by atoms with Crippen LogP contribution in [0.25, 0.3) is 0 Å². The Morgan fingerprint density at radius 3 is 2.50 bits per heavy atom. The van der Waals surface area contributed by atoms with Crippen molar-refractivity contribution < 1.29 is 9.59 Å². The Morgan fingerprint density at radius 2 is 1.80 bits per heavy atom. The van der Waals surface area contributed by atoms with Crippen molar-refractivity contribution in [2.75, 3.05) is 5.32 Å². The highest BCUT2D eigenvalue weighted by Crippen LogP contribution is 2.44. The van der Waals surface area contributed by atoms with Gasteiger partial charge < -0.3 is 5.32 Å². The number of nitrogens with zero attached hydrogens (tertiary/aromatic N) is 5. The molecular weight excluding hydrogens is 400 g/mol. The number of hydrogen-bond acceptors (Lipinski definition) is 8. The molecule has 3 aromatic rings. The molecule has 1 saturated carbocycles. The van der Waals surface area contributed by atoms with Gasteiger partial charge in [-0.15, -0.1) is 10.2 Å². The summed E-state index contributed by atoms with van der Waals surface area (Å²) < 4.78 is 0. The summed E-state index contributed by atoms with van der Waals surface area (Å²) in [6.07, 6.45) is 5.13. The van der Waals surface area contributed by atoms with E-state index in [0.717, 1.165) is 35.7 Å². The third kappa shape index (κ3) is 5.29. The molecule has 0 aromatic carbocycles. The minimum atomic E-state index is -0.144. The predicted molar refractivity (Wildman–Crippen MR) is 112 cm³/mol. The van der Waals surface area contributed by atoms with Crippen LogP contribution in [0.15, 0.2) is 36.5 Å². The molecule has 0 unspecified atom stereocenters. The summed E-state index contributed by atoms with van der Waals surface area (Å²) in [6.45, 7) is 1.55. The third-order valence-corrected chi connectivity index (χ3v) is 6.04. The first-order valence-electron chi connectivity index (χ1n) is 9.89. The summed E-state index contributed by atoms with van der Waals surface area (Å²) in [4.78, 5) is 27.4. The zero-order chi connectivity index (χ0) is 20.9. The Labute approximate surface area is 178 Å². The molecule has 9 heteroatoms. The number of aromatic nitrogens is 5. The van der Waals surface area contributed by atoms with Gasteiger partial charge in [0.25, 0.3) is 0 Å². The van der Waals surface area contributed by atoms with Gasteiger partial charge in [0.2, 0.25) is 11.0 Å². The summed E-state index contributed by atoms with van der Waals surface area (Å²) in [5.74, 6) is 0.853. The number of amides is 1. The standard InChI is InChI=1S/C21H22N6O2S/c1-13(28)8-17-5-6-18(25-24-17)11-14-9-15(10-14)20-26-27-21(30-20)23-19(29)12-16-4-2-3-7-22-16/h2-7,14-15H,8-12H2,1H3,(H,23,27,29). The molecule has 154 valence electrons. The van der Waals surface area contributed by atoms with Crippen molar-refractivity contribution in [2.45, 2.75) is 44.9 Å². The lowest BCUT2D eigenvalue weighted by Crippen LogP contribution is -2.24. The lowest BCUT2D eigenvalue weighted by Gasteiger charge is -2.33. The smallest absolute Gasteiger partial charge is 0.232 e. The van der Waals surface area contributed by atoms with Crippen LogP contribution in [0.5, 0.6) is 0 Å². The second kappa shape index (κ2) is 9.17. The second-order valence-electron chi connectivity index (χ2n) is 7.62. The van der Waals surface area contributed by atoms with Crippen LogP contribution >= 0.6 is 11.3 Å². The number of carbonyl (C=O) groups is 2. The first kappa shape index (κ1) is 20.2. The molecule has 8 nitrogen and oxygen atoms in total. The zero-order valence-corrected chi connectivity index (χ0v) is 17.4. The largest absolute Gasteiger partial charge is 0.300 e. The van der Waals surface area contributed by atoms with Crippen LogP contribution in [-0.4, -0.2) is 37.1 Å². The molecule has 3 heterocycles. The van der Waals surface area contributed by atoms with Crippen LogP contribution in [0.3, 0.4) is 0 Å². The van der Waals surface area contributed by atoms with E-state index in [1.54, 1.807) is 13.1 Å². The Bertz CT molecular complexity index is 1020. The SMILES string of the molecule is CC(=O)Cc1ccc(CC2CC(c3nnc(NC(=O)Cc4ccccn4)s3)C2)nn1. The first-order chi connectivity index (χ1) is 14.5. The van der Waals surface area contributed by atoms with Gasteiger partial charge in [-0.1, -0.05) is 17.4 Å². The Morgan fingerprint density at radius 1 is 1.00 bits per heavy atom. The fourth-order valence-corrected chi connectivity index (χ4v) is 4.41. The van der Waals surface area contributed by atoms with Gasteiger partial charge in [0.15, 0.2) is 0 Å². The third-order valence-electron chi connectivity index (χ3n) is 5.04. The predicted octanol–water partition coefficient (Wildman–Crippen LogP) is 2.77. The van der Waals surface area contributed by atoms with Crippen molar-refractivity contribution >= 4 is 28.2 Å². The summed E-state index contributed by atoms with van der Waals surface area (Å²) in [7, 11) is 0. The molecule has 0 saturated heterocycles. The Balaban J connectivity index is 1.24. The van der Waals surface area contributed by atoms with E-state index >= 15 is 0 Å². The van der Waals surface area contributed by atoms with Gasteiger partial charge in [-0.25, -0.2) is 0 Å². The molecule has 1 N–H and O–H groups in total. The number of hydrogen-bond donors (Lipinski definition) is 1. The van der Waals surface area contributed by atoms with Crippen LogP contribution < -0.4 is 5.32 Å². The minimum absolute atomic E-state index is 0.0863.